The number of carbonyl (C=O) groups is 2. The summed E-state index contributed by atoms with van der Waals surface area (Å²) in [6, 6.07) is 0. The topological polar surface area (TPSA) is 107 Å². The number of hydrogen-bond acceptors (Lipinski definition) is 6. The van der Waals surface area contributed by atoms with E-state index in [0.717, 1.165) is 32.1 Å². The summed E-state index contributed by atoms with van der Waals surface area (Å²) in [6.45, 7) is 6.84. The lowest BCUT2D eigenvalue weighted by Crippen LogP contribution is -2.54. The van der Waals surface area contributed by atoms with E-state index in [9.17, 15) is 26.8 Å². The average Bonchev–Trinajstić information content (AvgIpc) is 3.17. The highest BCUT2D eigenvalue weighted by molar-refractivity contribution is 7.86. The van der Waals surface area contributed by atoms with Gasteiger partial charge in [-0.25, -0.2) is 0 Å². The van der Waals surface area contributed by atoms with Gasteiger partial charge in [-0.3, -0.25) is 14.1 Å². The molecule has 1 N–H and O–H groups in total. The molecule has 0 aromatic rings. The molecule has 1 unspecified atom stereocenters. The molecular formula is C28H44F2O7S. The van der Waals surface area contributed by atoms with E-state index in [1.807, 2.05) is 0 Å². The zero-order valence-electron chi connectivity index (χ0n) is 23.1. The van der Waals surface area contributed by atoms with Crippen LogP contribution in [-0.2, 0) is 29.2 Å². The molecule has 0 heterocycles. The number of carbonyl (C=O) groups excluding carboxylic acids is 2. The van der Waals surface area contributed by atoms with Gasteiger partial charge in [0, 0.05) is 13.3 Å². The number of halogens is 2. The minimum absolute atomic E-state index is 0.0543. The van der Waals surface area contributed by atoms with Crippen molar-refractivity contribution >= 4 is 22.1 Å². The standard InChI is InChI=1S/C28H44F2O7S/c1-17(5-10-25(32)36-16-28(29,30)38(33,34)35)22-8-9-23-21-7-6-19-15-20(37-18(2)31)11-13-26(19,3)24(21)12-14-27(22,23)4/h17,19-24H,5-16H2,1-4H3,(H,33,34,35)/t17-,19?,20-,21+,22-,23+,24+,26+,27-/m1/s1. The molecule has 0 aliphatic heterocycles. The highest BCUT2D eigenvalue weighted by Gasteiger charge is 2.60. The highest BCUT2D eigenvalue weighted by atomic mass is 32.2. The third kappa shape index (κ3) is 5.50. The van der Waals surface area contributed by atoms with Gasteiger partial charge in [0.05, 0.1) is 0 Å². The van der Waals surface area contributed by atoms with E-state index < -0.39 is 27.9 Å². The molecule has 4 aliphatic rings. The van der Waals surface area contributed by atoms with E-state index in [1.165, 1.54) is 32.6 Å². The molecule has 0 spiro atoms. The van der Waals surface area contributed by atoms with Gasteiger partial charge in [-0.1, -0.05) is 20.8 Å². The third-order valence-corrected chi connectivity index (χ3v) is 12.2. The number of fused-ring (bicyclic) bond motifs is 5. The zero-order chi connectivity index (χ0) is 28.1. The second-order valence-electron chi connectivity index (χ2n) is 13.2. The molecule has 0 bridgehead atoms. The van der Waals surface area contributed by atoms with Crippen molar-refractivity contribution < 1.29 is 40.8 Å². The highest BCUT2D eigenvalue weighted by Crippen LogP contribution is 2.68. The zero-order valence-corrected chi connectivity index (χ0v) is 23.9. The fraction of sp³-hybridized carbons (Fsp3) is 0.929. The Kier molecular flexibility index (Phi) is 8.28. The number of rotatable bonds is 8. The van der Waals surface area contributed by atoms with E-state index in [2.05, 4.69) is 25.5 Å². The quantitative estimate of drug-likeness (QED) is 0.285. The van der Waals surface area contributed by atoms with Crippen molar-refractivity contribution in [3.63, 3.8) is 0 Å². The minimum Gasteiger partial charge on any atom is -0.463 e. The van der Waals surface area contributed by atoms with Gasteiger partial charge in [0.2, 0.25) is 0 Å². The Labute approximate surface area is 225 Å². The monoisotopic (exact) mass is 562 g/mol. The largest absolute Gasteiger partial charge is 0.463 e. The molecule has 10 heteroatoms. The van der Waals surface area contributed by atoms with Crippen molar-refractivity contribution in [3.05, 3.63) is 0 Å². The number of hydrogen-bond donors (Lipinski definition) is 1. The summed E-state index contributed by atoms with van der Waals surface area (Å²) in [5.41, 5.74) is 0.471. The van der Waals surface area contributed by atoms with Crippen LogP contribution in [0, 0.1) is 46.3 Å². The summed E-state index contributed by atoms with van der Waals surface area (Å²) in [5.74, 6) is 2.19. The minimum atomic E-state index is -5.62. The van der Waals surface area contributed by atoms with Crippen molar-refractivity contribution in [1.82, 2.24) is 0 Å². The maximum Gasteiger partial charge on any atom is 0.402 e. The summed E-state index contributed by atoms with van der Waals surface area (Å²) < 4.78 is 66.8. The second kappa shape index (κ2) is 10.6. The van der Waals surface area contributed by atoms with Gasteiger partial charge in [0.15, 0.2) is 6.61 Å². The first-order valence-electron chi connectivity index (χ1n) is 14.3. The summed E-state index contributed by atoms with van der Waals surface area (Å²) in [7, 11) is -5.62. The maximum atomic E-state index is 13.4. The normalized spacial score (nSPS) is 39.9. The van der Waals surface area contributed by atoms with Crippen LogP contribution in [0.2, 0.25) is 0 Å². The summed E-state index contributed by atoms with van der Waals surface area (Å²) in [5, 5.41) is -4.51. The Hall–Kier alpha value is -1.29. The summed E-state index contributed by atoms with van der Waals surface area (Å²) >= 11 is 0. The first kappa shape index (κ1) is 29.7. The molecular weight excluding hydrogens is 518 g/mol. The third-order valence-electron chi connectivity index (χ3n) is 11.3. The van der Waals surface area contributed by atoms with Gasteiger partial charge in [-0.15, -0.1) is 0 Å². The molecule has 0 radical (unpaired) electrons. The molecule has 38 heavy (non-hydrogen) atoms. The van der Waals surface area contributed by atoms with Crippen molar-refractivity contribution in [2.45, 2.75) is 110 Å². The Balaban J connectivity index is 1.35. The van der Waals surface area contributed by atoms with Gasteiger partial charge >= 0.3 is 27.3 Å². The lowest BCUT2D eigenvalue weighted by Gasteiger charge is -2.61. The van der Waals surface area contributed by atoms with Crippen LogP contribution in [0.15, 0.2) is 0 Å². The lowest BCUT2D eigenvalue weighted by atomic mass is 9.44. The Morgan fingerprint density at radius 1 is 1.03 bits per heavy atom. The molecule has 0 saturated heterocycles. The average molecular weight is 563 g/mol. The van der Waals surface area contributed by atoms with E-state index in [0.29, 0.717) is 41.4 Å². The van der Waals surface area contributed by atoms with Crippen LogP contribution < -0.4 is 0 Å². The van der Waals surface area contributed by atoms with Crippen molar-refractivity contribution in [3.8, 4) is 0 Å². The van der Waals surface area contributed by atoms with Crippen LogP contribution in [0.4, 0.5) is 8.78 Å². The van der Waals surface area contributed by atoms with Crippen LogP contribution >= 0.6 is 0 Å². The molecule has 4 fully saturated rings. The Morgan fingerprint density at radius 3 is 2.34 bits per heavy atom. The molecule has 7 nitrogen and oxygen atoms in total. The van der Waals surface area contributed by atoms with Crippen LogP contribution in [0.1, 0.15) is 98.3 Å². The van der Waals surface area contributed by atoms with E-state index in [1.54, 1.807) is 0 Å². The smallest absolute Gasteiger partial charge is 0.402 e. The van der Waals surface area contributed by atoms with Crippen molar-refractivity contribution in [2.75, 3.05) is 6.61 Å². The number of alkyl halides is 2. The SMILES string of the molecule is CC(=O)O[C@@H]1CC[C@@]2(C)C(CC[C@H]3[C@@H]4CC[C@H]([C@H](C)CCC(=O)OCC(F)(F)S(=O)(=O)O)[C@@]4(C)CC[C@@H]32)C1. The molecule has 9 atom stereocenters. The van der Waals surface area contributed by atoms with Gasteiger partial charge in [0.25, 0.3) is 0 Å². The predicted octanol–water partition coefficient (Wildman–Crippen LogP) is 6.02. The molecule has 0 amide bonds. The summed E-state index contributed by atoms with van der Waals surface area (Å²) in [4.78, 5) is 23.6. The number of esters is 2. The molecule has 0 aromatic heterocycles. The lowest BCUT2D eigenvalue weighted by molar-refractivity contribution is -0.160. The van der Waals surface area contributed by atoms with Gasteiger partial charge < -0.3 is 9.47 Å². The molecule has 218 valence electrons. The molecule has 4 saturated carbocycles. The second-order valence-corrected chi connectivity index (χ2v) is 14.7. The molecule has 0 aromatic carbocycles. The van der Waals surface area contributed by atoms with Crippen LogP contribution in [-0.4, -0.2) is 42.9 Å². The first-order chi connectivity index (χ1) is 17.6. The first-order valence-corrected chi connectivity index (χ1v) is 15.7. The predicted molar refractivity (Wildman–Crippen MR) is 137 cm³/mol. The van der Waals surface area contributed by atoms with E-state index in [-0.39, 0.29) is 29.8 Å². The summed E-state index contributed by atoms with van der Waals surface area (Å²) in [6.07, 6.45) is 10.5. The van der Waals surface area contributed by atoms with Gasteiger partial charge in [-0.2, -0.15) is 17.2 Å². The van der Waals surface area contributed by atoms with Gasteiger partial charge in [-0.05, 0) is 111 Å². The van der Waals surface area contributed by atoms with Gasteiger partial charge in [0.1, 0.15) is 6.10 Å². The Morgan fingerprint density at radius 2 is 1.68 bits per heavy atom. The van der Waals surface area contributed by atoms with E-state index >= 15 is 0 Å². The fourth-order valence-electron chi connectivity index (χ4n) is 9.39. The van der Waals surface area contributed by atoms with Crippen molar-refractivity contribution in [2.24, 2.45) is 46.3 Å². The van der Waals surface area contributed by atoms with Crippen LogP contribution in [0.5, 0.6) is 0 Å². The van der Waals surface area contributed by atoms with E-state index in [4.69, 9.17) is 9.29 Å². The van der Waals surface area contributed by atoms with Crippen molar-refractivity contribution in [1.29, 1.82) is 0 Å². The molecule has 4 aliphatic carbocycles. The van der Waals surface area contributed by atoms with Crippen LogP contribution in [0.25, 0.3) is 0 Å². The number of ether oxygens (including phenoxy) is 2. The Bertz CT molecular complexity index is 1020. The fourth-order valence-corrected chi connectivity index (χ4v) is 9.60. The maximum absolute atomic E-state index is 13.4. The van der Waals surface area contributed by atoms with Crippen LogP contribution in [0.3, 0.4) is 0 Å². The molecule has 4 rings (SSSR count).